The van der Waals surface area contributed by atoms with Crippen molar-refractivity contribution < 1.29 is 9.59 Å². The van der Waals surface area contributed by atoms with Gasteiger partial charge in [-0.05, 0) is 11.1 Å². The molecule has 0 saturated carbocycles. The first-order chi connectivity index (χ1) is 9.16. The summed E-state index contributed by atoms with van der Waals surface area (Å²) in [4.78, 5) is 36.7. The van der Waals surface area contributed by atoms with Crippen molar-refractivity contribution in [3.63, 3.8) is 0 Å². The number of carbonyl (C=O) groups is 2. The van der Waals surface area contributed by atoms with Gasteiger partial charge in [-0.15, -0.1) is 4.91 Å². The Morgan fingerprint density at radius 2 is 1.47 bits per heavy atom. The van der Waals surface area contributed by atoms with Crippen molar-refractivity contribution in [2.24, 2.45) is 17.1 Å². The summed E-state index contributed by atoms with van der Waals surface area (Å²) in [6, 6.07) is 6.80. The molecule has 0 unspecified atom stereocenters. The van der Waals surface area contributed by atoms with Crippen LogP contribution < -0.4 is 0 Å². The number of nitrogens with zero attached hydrogens (tertiary/aromatic N) is 3. The van der Waals surface area contributed by atoms with Crippen LogP contribution in [-0.4, -0.2) is 28.8 Å². The maximum absolute atomic E-state index is 12.2. The minimum atomic E-state index is -0.463. The van der Waals surface area contributed by atoms with E-state index in [1.54, 1.807) is 0 Å². The maximum atomic E-state index is 12.2. The van der Waals surface area contributed by atoms with Crippen molar-refractivity contribution in [1.29, 1.82) is 0 Å². The maximum Gasteiger partial charge on any atom is 0.235 e. The number of amides is 2. The van der Waals surface area contributed by atoms with Crippen molar-refractivity contribution >= 4 is 11.8 Å². The molecule has 96 valence electrons. The fourth-order valence-electron chi connectivity index (χ4n) is 3.85. The van der Waals surface area contributed by atoms with E-state index in [2.05, 4.69) is 5.29 Å². The highest BCUT2D eigenvalue weighted by Gasteiger charge is 2.66. The summed E-state index contributed by atoms with van der Waals surface area (Å²) in [6.45, 7) is 0. The van der Waals surface area contributed by atoms with Crippen LogP contribution in [0.3, 0.4) is 0 Å². The van der Waals surface area contributed by atoms with E-state index in [4.69, 9.17) is 0 Å². The highest BCUT2D eigenvalue weighted by molar-refractivity contribution is 6.06. The quantitative estimate of drug-likeness (QED) is 0.556. The van der Waals surface area contributed by atoms with Gasteiger partial charge in [0.05, 0.1) is 29.2 Å². The topological polar surface area (TPSA) is 70.1 Å². The molecule has 6 nitrogen and oxygen atoms in total. The van der Waals surface area contributed by atoms with E-state index in [9.17, 15) is 14.5 Å². The first kappa shape index (κ1) is 10.7. The first-order valence-corrected chi connectivity index (χ1v) is 6.18. The van der Waals surface area contributed by atoms with Crippen LogP contribution in [0.15, 0.2) is 29.6 Å². The summed E-state index contributed by atoms with van der Waals surface area (Å²) in [5.41, 5.74) is 1.90. The number of rotatable bonds is 1. The number of likely N-dealkylation sites (tertiary alicyclic amines) is 1. The van der Waals surface area contributed by atoms with Crippen molar-refractivity contribution in [2.45, 2.75) is 12.1 Å². The monoisotopic (exact) mass is 257 g/mol. The van der Waals surface area contributed by atoms with E-state index in [1.807, 2.05) is 24.3 Å². The average molecular weight is 257 g/mol. The Hall–Kier alpha value is -2.24. The molecule has 3 heterocycles. The Kier molecular flexibility index (Phi) is 1.80. The van der Waals surface area contributed by atoms with Gasteiger partial charge in [0.15, 0.2) is 0 Å². The van der Waals surface area contributed by atoms with Gasteiger partial charge < -0.3 is 0 Å². The summed E-state index contributed by atoms with van der Waals surface area (Å²) in [5, 5.41) is 4.46. The molecule has 2 fully saturated rings. The van der Waals surface area contributed by atoms with Gasteiger partial charge >= 0.3 is 0 Å². The average Bonchev–Trinajstić information content (AvgIpc) is 3.01. The van der Waals surface area contributed by atoms with Crippen LogP contribution in [0.5, 0.6) is 0 Å². The number of nitroso groups, excluding NO2 is 1. The van der Waals surface area contributed by atoms with E-state index < -0.39 is 11.8 Å². The van der Waals surface area contributed by atoms with Crippen molar-refractivity contribution in [3.05, 3.63) is 40.3 Å². The second-order valence-electron chi connectivity index (χ2n) is 5.27. The molecule has 2 amide bonds. The van der Waals surface area contributed by atoms with Gasteiger partial charge in [-0.25, -0.2) is 5.01 Å². The molecule has 0 aromatic heterocycles. The van der Waals surface area contributed by atoms with Crippen molar-refractivity contribution in [1.82, 2.24) is 9.91 Å². The molecule has 4 atom stereocenters. The van der Waals surface area contributed by atoms with Crippen LogP contribution in [-0.2, 0) is 9.59 Å². The number of fused-ring (bicyclic) bond motifs is 8. The normalized spacial score (nSPS) is 34.8. The molecule has 2 bridgehead atoms. The Labute approximate surface area is 108 Å². The zero-order valence-corrected chi connectivity index (χ0v) is 10.2. The molecule has 0 aliphatic carbocycles. The van der Waals surface area contributed by atoms with Crippen molar-refractivity contribution in [2.75, 3.05) is 7.05 Å². The number of hydrogen-bond acceptors (Lipinski definition) is 4. The van der Waals surface area contributed by atoms with Gasteiger partial charge in [-0.1, -0.05) is 24.3 Å². The third kappa shape index (κ3) is 0.995. The van der Waals surface area contributed by atoms with E-state index in [-0.39, 0.29) is 23.9 Å². The highest BCUT2D eigenvalue weighted by atomic mass is 16.3. The Bertz CT molecular complexity index is 580. The van der Waals surface area contributed by atoms with Crippen LogP contribution >= 0.6 is 0 Å². The van der Waals surface area contributed by atoms with Crippen LogP contribution in [0.2, 0.25) is 0 Å². The number of benzene rings is 1. The summed E-state index contributed by atoms with van der Waals surface area (Å²) < 4.78 is 0. The molecule has 0 N–H and O–H groups in total. The smallest absolute Gasteiger partial charge is 0.235 e. The lowest BCUT2D eigenvalue weighted by molar-refractivity contribution is -0.139. The zero-order chi connectivity index (χ0) is 13.3. The second kappa shape index (κ2) is 3.20. The van der Waals surface area contributed by atoms with Gasteiger partial charge in [0, 0.05) is 7.05 Å². The largest absolute Gasteiger partial charge is 0.285 e. The molecule has 0 radical (unpaired) electrons. The molecule has 3 aliphatic heterocycles. The van der Waals surface area contributed by atoms with Crippen LogP contribution in [0.4, 0.5) is 0 Å². The predicted octanol–water partition coefficient (Wildman–Crippen LogP) is 1.01. The first-order valence-electron chi connectivity index (χ1n) is 6.18. The molecule has 0 spiro atoms. The third-order valence-corrected chi connectivity index (χ3v) is 4.60. The van der Waals surface area contributed by atoms with E-state index in [1.165, 1.54) is 17.0 Å². The van der Waals surface area contributed by atoms with Gasteiger partial charge in [0.2, 0.25) is 11.8 Å². The van der Waals surface area contributed by atoms with Crippen LogP contribution in [0.25, 0.3) is 0 Å². The lowest BCUT2D eigenvalue weighted by Gasteiger charge is -2.19. The minimum absolute atomic E-state index is 0.203. The zero-order valence-electron chi connectivity index (χ0n) is 10.2. The van der Waals surface area contributed by atoms with Gasteiger partial charge in [0.25, 0.3) is 0 Å². The molecular formula is C13H11N3O3. The number of imide groups is 1. The highest BCUT2D eigenvalue weighted by Crippen LogP contribution is 2.61. The Balaban J connectivity index is 1.94. The Morgan fingerprint density at radius 1 is 1.00 bits per heavy atom. The predicted molar refractivity (Wildman–Crippen MR) is 64.3 cm³/mol. The second-order valence-corrected chi connectivity index (χ2v) is 5.27. The van der Waals surface area contributed by atoms with Gasteiger partial charge in [0.1, 0.15) is 0 Å². The van der Waals surface area contributed by atoms with Crippen LogP contribution in [0, 0.1) is 16.7 Å². The molecular weight excluding hydrogens is 246 g/mol. The summed E-state index contributed by atoms with van der Waals surface area (Å²) in [7, 11) is 1.51. The van der Waals surface area contributed by atoms with Gasteiger partial charge in [-0.2, -0.15) is 0 Å². The summed E-state index contributed by atoms with van der Waals surface area (Å²) in [6.07, 6.45) is 0. The molecule has 2 saturated heterocycles. The SMILES string of the molecule is CN1C(=O)[C@@H]2[C@H](C1=O)[C@@H]1c3ccccc3[C@H]2N1N=O. The molecule has 1 aromatic rings. The third-order valence-electron chi connectivity index (χ3n) is 4.60. The molecule has 19 heavy (non-hydrogen) atoms. The fourth-order valence-corrected chi connectivity index (χ4v) is 3.85. The lowest BCUT2D eigenvalue weighted by Crippen LogP contribution is -2.31. The molecule has 6 heteroatoms. The number of hydrogen-bond donors (Lipinski definition) is 0. The standard InChI is InChI=1S/C13H11N3O3/c1-15-12(17)8-9(13(15)18)11-7-5-3-2-4-6(7)10(8)16(11)14-19/h2-5,8-11H,1H3/t8-,9+,10-,11+. The molecule has 1 aromatic carbocycles. The Morgan fingerprint density at radius 3 is 1.89 bits per heavy atom. The molecule has 3 aliphatic rings. The minimum Gasteiger partial charge on any atom is -0.285 e. The number of carbonyl (C=O) groups excluding carboxylic acids is 2. The van der Waals surface area contributed by atoms with E-state index >= 15 is 0 Å². The fraction of sp³-hybridized carbons (Fsp3) is 0.385. The van der Waals surface area contributed by atoms with Crippen LogP contribution in [0.1, 0.15) is 23.2 Å². The van der Waals surface area contributed by atoms with Crippen molar-refractivity contribution in [3.8, 4) is 0 Å². The van der Waals surface area contributed by atoms with E-state index in [0.29, 0.717) is 0 Å². The summed E-state index contributed by atoms with van der Waals surface area (Å²) >= 11 is 0. The molecule has 4 rings (SSSR count). The van der Waals surface area contributed by atoms with Gasteiger partial charge in [-0.3, -0.25) is 14.5 Å². The summed E-state index contributed by atoms with van der Waals surface area (Å²) in [5.74, 6) is -1.33. The van der Waals surface area contributed by atoms with E-state index in [0.717, 1.165) is 11.1 Å². The lowest BCUT2D eigenvalue weighted by atomic mass is 9.77.